The number of hydrogen-bond acceptors (Lipinski definition) is 3. The van der Waals surface area contributed by atoms with Gasteiger partial charge in [-0.2, -0.15) is 0 Å². The molecule has 2 saturated heterocycles. The van der Waals surface area contributed by atoms with Crippen LogP contribution in [0.25, 0.3) is 0 Å². The Morgan fingerprint density at radius 2 is 1.69 bits per heavy atom. The van der Waals surface area contributed by atoms with Crippen LogP contribution in [0, 0.1) is 0 Å². The number of aliphatic hydroxyl groups is 1. The van der Waals surface area contributed by atoms with Gasteiger partial charge in [0.1, 0.15) is 0 Å². The van der Waals surface area contributed by atoms with Crippen molar-refractivity contribution in [2.45, 2.75) is 43.9 Å². The average molecular weight is 225 g/mol. The third-order valence-electron chi connectivity index (χ3n) is 3.33. The molecule has 16 heavy (non-hydrogen) atoms. The zero-order chi connectivity index (χ0) is 11.7. The number of carboxylic acids is 1. The van der Waals surface area contributed by atoms with Gasteiger partial charge in [0.05, 0.1) is 6.10 Å². The van der Waals surface area contributed by atoms with Crippen LogP contribution in [0.2, 0.25) is 0 Å². The summed E-state index contributed by atoms with van der Waals surface area (Å²) in [6.07, 6.45) is 4.71. The first-order chi connectivity index (χ1) is 7.58. The molecule has 0 radical (unpaired) electrons. The molecule has 88 valence electrons. The Labute approximate surface area is 93.4 Å². The third kappa shape index (κ3) is 2.09. The molecule has 2 atom stereocenters. The fourth-order valence-corrected chi connectivity index (χ4v) is 2.74. The molecule has 2 N–H and O–H groups in total. The van der Waals surface area contributed by atoms with Gasteiger partial charge >= 0.3 is 5.97 Å². The molecule has 0 aromatic rings. The lowest BCUT2D eigenvalue weighted by Gasteiger charge is -2.36. The van der Waals surface area contributed by atoms with Crippen LogP contribution in [-0.2, 0) is 9.59 Å². The van der Waals surface area contributed by atoms with Crippen LogP contribution in [0.3, 0.4) is 0 Å². The van der Waals surface area contributed by atoms with Gasteiger partial charge in [-0.3, -0.25) is 4.79 Å². The predicted molar refractivity (Wildman–Crippen MR) is 55.7 cm³/mol. The zero-order valence-corrected chi connectivity index (χ0v) is 8.87. The van der Waals surface area contributed by atoms with Gasteiger partial charge in [-0.15, -0.1) is 0 Å². The van der Waals surface area contributed by atoms with Crippen molar-refractivity contribution >= 4 is 11.9 Å². The van der Waals surface area contributed by atoms with E-state index in [9.17, 15) is 14.7 Å². The van der Waals surface area contributed by atoms with E-state index in [1.807, 2.05) is 0 Å². The maximum absolute atomic E-state index is 11.8. The summed E-state index contributed by atoms with van der Waals surface area (Å²) in [5.74, 6) is -1.36. The van der Waals surface area contributed by atoms with Crippen LogP contribution in [0.15, 0.2) is 12.2 Å². The van der Waals surface area contributed by atoms with E-state index in [0.717, 1.165) is 25.0 Å². The van der Waals surface area contributed by atoms with Gasteiger partial charge in [-0.25, -0.2) is 4.79 Å². The quantitative estimate of drug-likeness (QED) is 0.655. The van der Waals surface area contributed by atoms with E-state index >= 15 is 0 Å². The standard InChI is InChI=1S/C11H15NO4/c13-9-5-7-1-2-8(6-9)12(7)10(14)3-4-11(15)16/h3-4,7-9,13H,1-2,5-6H2,(H,15,16). The number of amides is 1. The number of hydrogen-bond donors (Lipinski definition) is 2. The summed E-state index contributed by atoms with van der Waals surface area (Å²) in [5.41, 5.74) is 0. The molecule has 2 aliphatic heterocycles. The fraction of sp³-hybridized carbons (Fsp3) is 0.636. The summed E-state index contributed by atoms with van der Waals surface area (Å²) in [6, 6.07) is 0.166. The number of nitrogens with zero attached hydrogens (tertiary/aromatic N) is 1. The second-order valence-corrected chi connectivity index (χ2v) is 4.43. The maximum atomic E-state index is 11.8. The first-order valence-electron chi connectivity index (χ1n) is 5.49. The molecule has 0 aliphatic carbocycles. The number of carbonyl (C=O) groups excluding carboxylic acids is 1. The minimum absolute atomic E-state index is 0.0831. The van der Waals surface area contributed by atoms with Crippen molar-refractivity contribution in [3.8, 4) is 0 Å². The monoisotopic (exact) mass is 225 g/mol. The van der Waals surface area contributed by atoms with Gasteiger partial charge in [0.15, 0.2) is 0 Å². The van der Waals surface area contributed by atoms with E-state index in [0.29, 0.717) is 12.8 Å². The number of fused-ring (bicyclic) bond motifs is 2. The molecule has 2 fully saturated rings. The minimum Gasteiger partial charge on any atom is -0.478 e. The van der Waals surface area contributed by atoms with Crippen LogP contribution in [0.1, 0.15) is 25.7 Å². The molecule has 2 bridgehead atoms. The van der Waals surface area contributed by atoms with E-state index in [1.54, 1.807) is 4.90 Å². The molecular weight excluding hydrogens is 210 g/mol. The van der Waals surface area contributed by atoms with Gasteiger partial charge in [-0.05, 0) is 25.7 Å². The summed E-state index contributed by atoms with van der Waals surface area (Å²) in [4.78, 5) is 23.8. The lowest BCUT2D eigenvalue weighted by atomic mass is 10.00. The van der Waals surface area contributed by atoms with Crippen LogP contribution < -0.4 is 0 Å². The molecule has 2 rings (SSSR count). The summed E-state index contributed by atoms with van der Waals surface area (Å²) in [7, 11) is 0. The van der Waals surface area contributed by atoms with E-state index in [2.05, 4.69) is 0 Å². The second kappa shape index (κ2) is 4.25. The predicted octanol–water partition coefficient (Wildman–Crippen LogP) is 0.141. The first kappa shape index (κ1) is 11.1. The molecule has 2 aliphatic rings. The smallest absolute Gasteiger partial charge is 0.328 e. The Bertz CT molecular complexity index is 325. The summed E-state index contributed by atoms with van der Waals surface area (Å²) >= 11 is 0. The highest BCUT2D eigenvalue weighted by atomic mass is 16.4. The lowest BCUT2D eigenvalue weighted by molar-refractivity contribution is -0.134. The molecule has 2 heterocycles. The Morgan fingerprint density at radius 1 is 1.12 bits per heavy atom. The van der Waals surface area contributed by atoms with Crippen molar-refractivity contribution in [1.29, 1.82) is 0 Å². The summed E-state index contributed by atoms with van der Waals surface area (Å²) < 4.78 is 0. The van der Waals surface area contributed by atoms with Crippen molar-refractivity contribution in [3.63, 3.8) is 0 Å². The highest BCUT2D eigenvalue weighted by Crippen LogP contribution is 2.35. The highest BCUT2D eigenvalue weighted by Gasteiger charge is 2.41. The van der Waals surface area contributed by atoms with Crippen molar-refractivity contribution in [2.75, 3.05) is 0 Å². The first-order valence-corrected chi connectivity index (χ1v) is 5.49. The van der Waals surface area contributed by atoms with Crippen molar-refractivity contribution in [1.82, 2.24) is 4.90 Å². The van der Waals surface area contributed by atoms with E-state index < -0.39 is 5.97 Å². The number of piperidine rings is 1. The lowest BCUT2D eigenvalue weighted by Crippen LogP contribution is -2.47. The topological polar surface area (TPSA) is 77.8 Å². The van der Waals surface area contributed by atoms with Crippen LogP contribution in [0.5, 0.6) is 0 Å². The molecule has 5 heteroatoms. The van der Waals surface area contributed by atoms with Gasteiger partial charge in [-0.1, -0.05) is 0 Å². The molecule has 1 amide bonds. The van der Waals surface area contributed by atoms with Gasteiger partial charge in [0, 0.05) is 24.2 Å². The number of aliphatic hydroxyl groups excluding tert-OH is 1. The second-order valence-electron chi connectivity index (χ2n) is 4.43. The Hall–Kier alpha value is -1.36. The SMILES string of the molecule is O=C(O)C=CC(=O)N1C2CCC1CC(O)C2. The molecular formula is C11H15NO4. The highest BCUT2D eigenvalue weighted by molar-refractivity contribution is 5.94. The zero-order valence-electron chi connectivity index (χ0n) is 8.87. The Balaban J connectivity index is 2.05. The van der Waals surface area contributed by atoms with Crippen molar-refractivity contribution in [3.05, 3.63) is 12.2 Å². The molecule has 0 spiro atoms. The third-order valence-corrected chi connectivity index (χ3v) is 3.33. The average Bonchev–Trinajstić information content (AvgIpc) is 2.48. The van der Waals surface area contributed by atoms with Crippen molar-refractivity contribution < 1.29 is 19.8 Å². The number of aliphatic carboxylic acids is 1. The van der Waals surface area contributed by atoms with Gasteiger partial charge in [0.2, 0.25) is 5.91 Å². The largest absolute Gasteiger partial charge is 0.478 e. The molecule has 0 aromatic heterocycles. The van der Waals surface area contributed by atoms with Crippen molar-refractivity contribution in [2.24, 2.45) is 0 Å². The maximum Gasteiger partial charge on any atom is 0.328 e. The van der Waals surface area contributed by atoms with Crippen LogP contribution in [0.4, 0.5) is 0 Å². The minimum atomic E-state index is -1.11. The molecule has 0 aromatic carbocycles. The molecule has 5 nitrogen and oxygen atoms in total. The van der Waals surface area contributed by atoms with Crippen LogP contribution >= 0.6 is 0 Å². The molecule has 2 unspecified atom stereocenters. The Morgan fingerprint density at radius 3 is 2.19 bits per heavy atom. The molecule has 0 saturated carbocycles. The van der Waals surface area contributed by atoms with Crippen LogP contribution in [-0.4, -0.2) is 45.2 Å². The van der Waals surface area contributed by atoms with Gasteiger partial charge in [0.25, 0.3) is 0 Å². The summed E-state index contributed by atoms with van der Waals surface area (Å²) in [6.45, 7) is 0. The fourth-order valence-electron chi connectivity index (χ4n) is 2.74. The summed E-state index contributed by atoms with van der Waals surface area (Å²) in [5, 5.41) is 18.0. The Kier molecular flexibility index (Phi) is 2.96. The van der Waals surface area contributed by atoms with Gasteiger partial charge < -0.3 is 15.1 Å². The number of carboxylic acid groups (broad SMARTS) is 1. The van der Waals surface area contributed by atoms with E-state index in [-0.39, 0.29) is 24.1 Å². The number of rotatable bonds is 2. The number of carbonyl (C=O) groups is 2. The normalized spacial score (nSPS) is 33.3. The van der Waals surface area contributed by atoms with E-state index in [1.165, 1.54) is 0 Å². The van der Waals surface area contributed by atoms with E-state index in [4.69, 9.17) is 5.11 Å².